The number of aryl methyl sites for hydroxylation is 1. The maximum absolute atomic E-state index is 13.0. The summed E-state index contributed by atoms with van der Waals surface area (Å²) in [6.07, 6.45) is 2.08. The Bertz CT molecular complexity index is 720. The van der Waals surface area contributed by atoms with Crippen LogP contribution in [0.25, 0.3) is 0 Å². The molecule has 0 fully saturated rings. The summed E-state index contributed by atoms with van der Waals surface area (Å²) in [5.41, 5.74) is 0.206. The van der Waals surface area contributed by atoms with Gasteiger partial charge in [-0.25, -0.2) is 13.9 Å². The Hall–Kier alpha value is -2.41. The molecule has 0 bridgehead atoms. The van der Waals surface area contributed by atoms with E-state index >= 15 is 0 Å². The lowest BCUT2D eigenvalue weighted by Crippen LogP contribution is -2.31. The molecule has 0 aliphatic rings. The number of nitrogens with zero attached hydrogens (tertiary/aromatic N) is 2. The highest BCUT2D eigenvalue weighted by Gasteiger charge is 2.04. The van der Waals surface area contributed by atoms with Gasteiger partial charge in [0.15, 0.2) is 0 Å². The van der Waals surface area contributed by atoms with E-state index in [9.17, 15) is 14.0 Å². The van der Waals surface area contributed by atoms with Gasteiger partial charge in [0.25, 0.3) is 5.56 Å². The predicted octanol–water partition coefficient (Wildman–Crippen LogP) is 2.25. The summed E-state index contributed by atoms with van der Waals surface area (Å²) in [5.74, 6) is -0.548. The Kier molecular flexibility index (Phi) is 5.48. The van der Waals surface area contributed by atoms with Crippen molar-refractivity contribution in [2.75, 3.05) is 11.9 Å². The van der Waals surface area contributed by atoms with Crippen LogP contribution in [0.4, 0.5) is 14.9 Å². The van der Waals surface area contributed by atoms with E-state index in [1.807, 2.05) is 0 Å². The number of anilines is 1. The second-order valence-corrected chi connectivity index (χ2v) is 4.86. The van der Waals surface area contributed by atoms with Gasteiger partial charge in [-0.15, -0.1) is 0 Å². The molecule has 2 rings (SSSR count). The number of urea groups is 1. The van der Waals surface area contributed by atoms with Gasteiger partial charge in [-0.1, -0.05) is 11.6 Å². The van der Waals surface area contributed by atoms with Crippen LogP contribution in [0.15, 0.2) is 41.3 Å². The summed E-state index contributed by atoms with van der Waals surface area (Å²) in [7, 11) is 0. The first-order chi connectivity index (χ1) is 10.6. The molecule has 1 aromatic carbocycles. The first-order valence-electron chi connectivity index (χ1n) is 6.58. The minimum atomic E-state index is -0.548. The third-order valence-electron chi connectivity index (χ3n) is 2.80. The van der Waals surface area contributed by atoms with Gasteiger partial charge in [-0.05, 0) is 30.7 Å². The Morgan fingerprint density at radius 3 is 2.91 bits per heavy atom. The van der Waals surface area contributed by atoms with Gasteiger partial charge >= 0.3 is 6.03 Å². The summed E-state index contributed by atoms with van der Waals surface area (Å²) < 4.78 is 14.3. The molecule has 2 N–H and O–H groups in total. The molecular weight excluding hydrogens is 311 g/mol. The second-order valence-electron chi connectivity index (χ2n) is 4.45. The molecule has 1 aromatic heterocycles. The Balaban J connectivity index is 1.75. The van der Waals surface area contributed by atoms with Gasteiger partial charge in [-0.2, -0.15) is 5.10 Å². The lowest BCUT2D eigenvalue weighted by Gasteiger charge is -2.08. The van der Waals surface area contributed by atoms with E-state index in [2.05, 4.69) is 15.7 Å². The molecule has 1 heterocycles. The zero-order valence-corrected chi connectivity index (χ0v) is 12.3. The Morgan fingerprint density at radius 1 is 1.36 bits per heavy atom. The molecular formula is C14H14ClFN4O2. The summed E-state index contributed by atoms with van der Waals surface area (Å²) in [4.78, 5) is 23.0. The molecule has 0 aliphatic heterocycles. The Labute approximate surface area is 130 Å². The Morgan fingerprint density at radius 2 is 2.18 bits per heavy atom. The number of nitrogens with one attached hydrogen (secondary N) is 2. The molecule has 116 valence electrons. The quantitative estimate of drug-likeness (QED) is 0.828. The number of aromatic nitrogens is 2. The fourth-order valence-corrected chi connectivity index (χ4v) is 1.92. The van der Waals surface area contributed by atoms with Crippen LogP contribution >= 0.6 is 11.6 Å². The number of carbonyl (C=O) groups is 1. The van der Waals surface area contributed by atoms with E-state index in [1.54, 1.807) is 6.07 Å². The average Bonchev–Trinajstić information content (AvgIpc) is 2.49. The zero-order valence-electron chi connectivity index (χ0n) is 11.6. The average molecular weight is 325 g/mol. The largest absolute Gasteiger partial charge is 0.338 e. The summed E-state index contributed by atoms with van der Waals surface area (Å²) in [5, 5.41) is 9.00. The van der Waals surface area contributed by atoms with E-state index in [4.69, 9.17) is 11.6 Å². The number of halogens is 2. The van der Waals surface area contributed by atoms with Crippen LogP contribution in [0, 0.1) is 5.82 Å². The maximum Gasteiger partial charge on any atom is 0.319 e. The molecule has 0 saturated carbocycles. The van der Waals surface area contributed by atoms with Crippen molar-refractivity contribution in [3.8, 4) is 0 Å². The van der Waals surface area contributed by atoms with E-state index in [1.165, 1.54) is 35.1 Å². The van der Waals surface area contributed by atoms with Crippen LogP contribution in [0.2, 0.25) is 5.02 Å². The normalized spacial score (nSPS) is 10.3. The highest BCUT2D eigenvalue weighted by molar-refractivity contribution is 6.31. The van der Waals surface area contributed by atoms with Crippen LogP contribution in [0.1, 0.15) is 6.42 Å². The molecule has 2 amide bonds. The van der Waals surface area contributed by atoms with Gasteiger partial charge in [-0.3, -0.25) is 4.79 Å². The highest BCUT2D eigenvalue weighted by Crippen LogP contribution is 2.19. The fourth-order valence-electron chi connectivity index (χ4n) is 1.74. The fraction of sp³-hybridized carbons (Fsp3) is 0.214. The van der Waals surface area contributed by atoms with Gasteiger partial charge in [0, 0.05) is 31.0 Å². The van der Waals surface area contributed by atoms with Crippen LogP contribution in [-0.2, 0) is 6.54 Å². The maximum atomic E-state index is 13.0. The van der Waals surface area contributed by atoms with Crippen LogP contribution in [0.3, 0.4) is 0 Å². The third kappa shape index (κ3) is 4.56. The number of rotatable bonds is 5. The highest BCUT2D eigenvalue weighted by atomic mass is 35.5. The number of hydrogen-bond donors (Lipinski definition) is 2. The molecule has 0 radical (unpaired) electrons. The van der Waals surface area contributed by atoms with Crippen molar-refractivity contribution >= 4 is 23.3 Å². The molecule has 0 atom stereocenters. The molecule has 0 aliphatic carbocycles. The number of hydrogen-bond acceptors (Lipinski definition) is 3. The third-order valence-corrected chi connectivity index (χ3v) is 3.08. The lowest BCUT2D eigenvalue weighted by molar-refractivity contribution is 0.251. The molecule has 0 saturated heterocycles. The van der Waals surface area contributed by atoms with E-state index in [0.717, 1.165) is 0 Å². The lowest BCUT2D eigenvalue weighted by atomic mass is 10.3. The van der Waals surface area contributed by atoms with Gasteiger partial charge in [0.05, 0.1) is 5.02 Å². The SMILES string of the molecule is O=C(NCCCn1ncccc1=O)Nc1ccc(F)c(Cl)c1. The number of carbonyl (C=O) groups excluding carboxylic acids is 1. The van der Waals surface area contributed by atoms with E-state index in [-0.39, 0.29) is 10.6 Å². The molecule has 6 nitrogen and oxygen atoms in total. The first-order valence-corrected chi connectivity index (χ1v) is 6.96. The molecule has 0 unspecified atom stereocenters. The topological polar surface area (TPSA) is 76.0 Å². The molecule has 2 aromatic rings. The van der Waals surface area contributed by atoms with E-state index < -0.39 is 11.8 Å². The smallest absolute Gasteiger partial charge is 0.319 e. The minimum absolute atomic E-state index is 0.0627. The van der Waals surface area contributed by atoms with Crippen molar-refractivity contribution in [1.82, 2.24) is 15.1 Å². The summed E-state index contributed by atoms with van der Waals surface area (Å²) in [6.45, 7) is 0.770. The van der Waals surface area contributed by atoms with Crippen molar-refractivity contribution in [2.24, 2.45) is 0 Å². The number of amides is 2. The van der Waals surface area contributed by atoms with Crippen molar-refractivity contribution in [1.29, 1.82) is 0 Å². The monoisotopic (exact) mass is 324 g/mol. The van der Waals surface area contributed by atoms with Crippen molar-refractivity contribution < 1.29 is 9.18 Å². The van der Waals surface area contributed by atoms with Gasteiger partial charge in [0.2, 0.25) is 0 Å². The minimum Gasteiger partial charge on any atom is -0.338 e. The van der Waals surface area contributed by atoms with Gasteiger partial charge in [0.1, 0.15) is 5.82 Å². The van der Waals surface area contributed by atoms with Crippen molar-refractivity contribution in [3.63, 3.8) is 0 Å². The zero-order chi connectivity index (χ0) is 15.9. The molecule has 22 heavy (non-hydrogen) atoms. The van der Waals surface area contributed by atoms with Gasteiger partial charge < -0.3 is 10.6 Å². The van der Waals surface area contributed by atoms with Crippen LogP contribution in [-0.4, -0.2) is 22.4 Å². The number of benzene rings is 1. The van der Waals surface area contributed by atoms with Crippen molar-refractivity contribution in [2.45, 2.75) is 13.0 Å². The standard InChI is InChI=1S/C14H14ClFN4O2/c15-11-9-10(4-5-12(11)16)19-14(22)17-6-2-8-20-13(21)3-1-7-18-20/h1,3-5,7,9H,2,6,8H2,(H2,17,19,22). The summed E-state index contributed by atoms with van der Waals surface area (Å²) >= 11 is 5.62. The van der Waals surface area contributed by atoms with Crippen LogP contribution < -0.4 is 16.2 Å². The predicted molar refractivity (Wildman–Crippen MR) is 81.5 cm³/mol. The molecule has 8 heteroatoms. The van der Waals surface area contributed by atoms with Crippen molar-refractivity contribution in [3.05, 3.63) is 57.7 Å². The second kappa shape index (κ2) is 7.56. The van der Waals surface area contributed by atoms with E-state index in [0.29, 0.717) is 25.2 Å². The first kappa shape index (κ1) is 16.0. The van der Waals surface area contributed by atoms with Crippen LogP contribution in [0.5, 0.6) is 0 Å². The summed E-state index contributed by atoms with van der Waals surface area (Å²) in [6, 6.07) is 6.46. The molecule has 0 spiro atoms.